The number of aromatic nitrogens is 6. The van der Waals surface area contributed by atoms with Crippen LogP contribution in [0.4, 0.5) is 16.2 Å². The van der Waals surface area contributed by atoms with Crippen LogP contribution >= 0.6 is 0 Å². The van der Waals surface area contributed by atoms with Crippen molar-refractivity contribution in [1.82, 2.24) is 45.6 Å². The molecule has 3 fully saturated rings. The molecule has 6 aromatic rings. The maximum absolute atomic E-state index is 12.9. The number of nitrogens with one attached hydrogen (secondary N) is 3. The zero-order chi connectivity index (χ0) is 44.0. The van der Waals surface area contributed by atoms with Crippen molar-refractivity contribution < 1.29 is 24.0 Å². The molecule has 3 aliphatic heterocycles. The Labute approximate surface area is 365 Å². The van der Waals surface area contributed by atoms with Gasteiger partial charge < -0.3 is 24.8 Å². The molecule has 0 radical (unpaired) electrons. The first-order valence-electron chi connectivity index (χ1n) is 21.7. The van der Waals surface area contributed by atoms with Gasteiger partial charge in [-0.2, -0.15) is 4.98 Å². The van der Waals surface area contributed by atoms with Gasteiger partial charge in [-0.05, 0) is 92.6 Å². The monoisotopic (exact) mass is 851 g/mol. The summed E-state index contributed by atoms with van der Waals surface area (Å²) in [5, 5.41) is 22.0. The van der Waals surface area contributed by atoms with Gasteiger partial charge in [-0.15, -0.1) is 0 Å². The van der Waals surface area contributed by atoms with Crippen LogP contribution in [0.1, 0.15) is 92.6 Å². The number of aryl methyl sites for hydroxylation is 1. The van der Waals surface area contributed by atoms with Crippen molar-refractivity contribution in [2.45, 2.75) is 77.4 Å². The number of fused-ring (bicyclic) bond motifs is 1. The molecular weight excluding hydrogens is 799 g/mol. The molecule has 2 atom stereocenters. The molecule has 4 aromatic heterocycles. The second-order valence-corrected chi connectivity index (χ2v) is 18.3. The number of hydrogen-bond acceptors (Lipinski definition) is 12. The minimum atomic E-state index is -0.974. The number of β-amino-alcohol motifs (C(OH)–C–C–N with tert-alkyl or cyclic N) is 1. The van der Waals surface area contributed by atoms with E-state index in [0.717, 1.165) is 95.1 Å². The third kappa shape index (κ3) is 8.65. The number of likely N-dealkylation sites (tertiary alicyclic amines) is 1. The lowest BCUT2D eigenvalue weighted by Crippen LogP contribution is -2.49. The molecule has 3 saturated heterocycles. The lowest BCUT2D eigenvalue weighted by molar-refractivity contribution is -0.120. The van der Waals surface area contributed by atoms with Gasteiger partial charge in [0.05, 0.1) is 23.1 Å². The van der Waals surface area contributed by atoms with Gasteiger partial charge in [0, 0.05) is 85.2 Å². The van der Waals surface area contributed by atoms with Crippen molar-refractivity contribution in [3.63, 3.8) is 0 Å². The Morgan fingerprint density at radius 1 is 0.984 bits per heavy atom. The van der Waals surface area contributed by atoms with Gasteiger partial charge in [-0.1, -0.05) is 44.1 Å². The first-order valence-corrected chi connectivity index (χ1v) is 21.7. The number of aromatic amines is 1. The number of anilines is 2. The Balaban J connectivity index is 0.801. The maximum atomic E-state index is 12.9. The van der Waals surface area contributed by atoms with E-state index in [1.807, 2.05) is 77.1 Å². The Hall–Kier alpha value is -6.52. The molecule has 0 spiro atoms. The van der Waals surface area contributed by atoms with Crippen molar-refractivity contribution in [3.05, 3.63) is 102 Å². The summed E-state index contributed by atoms with van der Waals surface area (Å²) in [5.41, 5.74) is 7.28. The van der Waals surface area contributed by atoms with E-state index >= 15 is 0 Å². The second-order valence-electron chi connectivity index (χ2n) is 18.3. The van der Waals surface area contributed by atoms with Gasteiger partial charge in [-0.3, -0.25) is 29.7 Å². The van der Waals surface area contributed by atoms with Gasteiger partial charge in [0.25, 0.3) is 0 Å². The van der Waals surface area contributed by atoms with Crippen LogP contribution in [0.2, 0.25) is 0 Å². The number of aliphatic hydroxyl groups is 1. The summed E-state index contributed by atoms with van der Waals surface area (Å²) >= 11 is 0. The number of pyridine rings is 1. The summed E-state index contributed by atoms with van der Waals surface area (Å²) in [6, 6.07) is 19.3. The van der Waals surface area contributed by atoms with E-state index in [9.17, 15) is 19.5 Å². The van der Waals surface area contributed by atoms with E-state index in [2.05, 4.69) is 63.7 Å². The highest BCUT2D eigenvalue weighted by Crippen LogP contribution is 2.36. The number of amides is 4. The third-order valence-electron chi connectivity index (χ3n) is 12.7. The number of benzene rings is 2. The van der Waals surface area contributed by atoms with Gasteiger partial charge in [0.15, 0.2) is 5.82 Å². The fourth-order valence-electron chi connectivity index (χ4n) is 9.06. The SMILES string of the molecule is Cc1cc(-c2ncnc3[nH]c(-c4ccc(C5(O)CCN(CC6CCN(c7ccc(N8CCC(=O)NC8=O)cc7)CC6)C5)cn4)cc23)ccc1[C@@H](C)NC(=O)c1nc(C(C)(C)C)no1. The molecule has 0 aliphatic carbocycles. The Morgan fingerprint density at radius 3 is 2.46 bits per heavy atom. The molecule has 0 bridgehead atoms. The molecule has 9 rings (SSSR count). The normalized spacial score (nSPS) is 19.5. The highest BCUT2D eigenvalue weighted by Gasteiger charge is 2.39. The van der Waals surface area contributed by atoms with E-state index in [-0.39, 0.29) is 29.3 Å². The van der Waals surface area contributed by atoms with Crippen LogP contribution in [-0.2, 0) is 15.8 Å². The molecule has 326 valence electrons. The lowest BCUT2D eigenvalue weighted by atomic mass is 9.93. The Kier molecular flexibility index (Phi) is 11.0. The van der Waals surface area contributed by atoms with E-state index in [1.54, 1.807) is 17.4 Å². The zero-order valence-electron chi connectivity index (χ0n) is 36.3. The maximum Gasteiger partial charge on any atom is 0.328 e. The molecule has 3 aliphatic rings. The second kappa shape index (κ2) is 16.6. The van der Waals surface area contributed by atoms with Gasteiger partial charge in [-0.25, -0.2) is 14.8 Å². The molecule has 16 heteroatoms. The molecule has 2 aromatic carbocycles. The molecule has 7 heterocycles. The third-order valence-corrected chi connectivity index (χ3v) is 12.7. The predicted octanol–water partition coefficient (Wildman–Crippen LogP) is 6.42. The number of carbonyl (C=O) groups is 3. The first-order chi connectivity index (χ1) is 30.2. The molecule has 4 amide bonds. The average Bonchev–Trinajstić information content (AvgIpc) is 4.04. The summed E-state index contributed by atoms with van der Waals surface area (Å²) < 4.78 is 5.24. The smallest absolute Gasteiger partial charge is 0.328 e. The highest BCUT2D eigenvalue weighted by atomic mass is 16.5. The first kappa shape index (κ1) is 41.8. The number of imide groups is 1. The largest absolute Gasteiger partial charge is 0.384 e. The zero-order valence-corrected chi connectivity index (χ0v) is 36.3. The number of hydrogen-bond donors (Lipinski definition) is 4. The summed E-state index contributed by atoms with van der Waals surface area (Å²) in [4.78, 5) is 64.8. The van der Waals surface area contributed by atoms with Crippen LogP contribution < -0.4 is 20.4 Å². The number of carbonyl (C=O) groups excluding carboxylic acids is 3. The van der Waals surface area contributed by atoms with Crippen LogP contribution in [0.5, 0.6) is 0 Å². The van der Waals surface area contributed by atoms with Gasteiger partial charge in [0.2, 0.25) is 5.91 Å². The topological polar surface area (TPSA) is 199 Å². The predicted molar refractivity (Wildman–Crippen MR) is 238 cm³/mol. The van der Waals surface area contributed by atoms with Gasteiger partial charge in [0.1, 0.15) is 17.6 Å². The fourth-order valence-corrected chi connectivity index (χ4v) is 9.06. The number of nitrogens with zero attached hydrogens (tertiary/aromatic N) is 8. The molecule has 63 heavy (non-hydrogen) atoms. The average molecular weight is 852 g/mol. The molecule has 16 nitrogen and oxygen atoms in total. The van der Waals surface area contributed by atoms with Crippen LogP contribution in [-0.4, -0.2) is 97.2 Å². The van der Waals surface area contributed by atoms with Crippen LogP contribution in [0.15, 0.2) is 77.7 Å². The van der Waals surface area contributed by atoms with E-state index < -0.39 is 11.5 Å². The minimum Gasteiger partial charge on any atom is -0.384 e. The Bertz CT molecular complexity index is 2660. The summed E-state index contributed by atoms with van der Waals surface area (Å²) in [6.45, 7) is 14.4. The number of piperidine rings is 1. The molecule has 4 N–H and O–H groups in total. The van der Waals surface area contributed by atoms with Crippen molar-refractivity contribution in [1.29, 1.82) is 0 Å². The highest BCUT2D eigenvalue weighted by molar-refractivity contribution is 6.05. The molecule has 1 unspecified atom stereocenters. The number of rotatable bonds is 10. The minimum absolute atomic E-state index is 0.0625. The number of urea groups is 1. The number of H-pyrrole nitrogens is 1. The van der Waals surface area contributed by atoms with E-state index in [1.165, 1.54) is 0 Å². The quantitative estimate of drug-likeness (QED) is 0.118. The Morgan fingerprint density at radius 2 is 1.76 bits per heavy atom. The molecular formula is C47H53N11O5. The van der Waals surface area contributed by atoms with Crippen LogP contribution in [0.25, 0.3) is 33.7 Å². The van der Waals surface area contributed by atoms with Crippen molar-refractivity contribution in [2.75, 3.05) is 49.1 Å². The van der Waals surface area contributed by atoms with E-state index in [4.69, 9.17) is 9.51 Å². The van der Waals surface area contributed by atoms with Crippen LogP contribution in [0, 0.1) is 12.8 Å². The lowest BCUT2D eigenvalue weighted by Gasteiger charge is -2.36. The molecule has 0 saturated carbocycles. The van der Waals surface area contributed by atoms with Crippen LogP contribution in [0.3, 0.4) is 0 Å². The fraction of sp³-hybridized carbons (Fsp3) is 0.404. The summed E-state index contributed by atoms with van der Waals surface area (Å²) in [5.74, 6) is 0.291. The van der Waals surface area contributed by atoms with Crippen molar-refractivity contribution >= 4 is 40.3 Å². The standard InChI is InChI=1S/C47H53N11O5/c1-28-22-31(6-12-35(28)29(2)51-42(60)43-54-44(55-63-43)46(3,4)5)40-36-23-38(52-41(36)50-27-49-40)37-13-7-32(24-48-37)47(62)17-21-56(26-47)25-30-14-18-57(19-15-30)33-8-10-34(11-9-33)58-20-16-39(59)53-45(58)61/h6-13,22-24,27,29-30,62H,14-21,25-26H2,1-5H3,(H,51,60)(H,49,50,52)(H,53,59,61)/t29-,47?/m1/s1. The van der Waals surface area contributed by atoms with Crippen molar-refractivity contribution in [3.8, 4) is 22.6 Å². The van der Waals surface area contributed by atoms with Crippen molar-refractivity contribution in [2.24, 2.45) is 5.92 Å². The summed E-state index contributed by atoms with van der Waals surface area (Å²) in [7, 11) is 0. The summed E-state index contributed by atoms with van der Waals surface area (Å²) in [6.07, 6.45) is 6.41. The van der Waals surface area contributed by atoms with Gasteiger partial charge >= 0.3 is 17.8 Å². The van der Waals surface area contributed by atoms with E-state index in [0.29, 0.717) is 43.3 Å².